The average molecular weight is 390 g/mol. The fourth-order valence-electron chi connectivity index (χ4n) is 2.37. The molecular formula is C17H18F4N2O2S. The average Bonchev–Trinajstić information content (AvgIpc) is 2.58. The van der Waals surface area contributed by atoms with Crippen molar-refractivity contribution in [3.05, 3.63) is 65.5 Å². The largest absolute Gasteiger partial charge is 0.419 e. The van der Waals surface area contributed by atoms with Crippen LogP contribution < -0.4 is 5.73 Å². The summed E-state index contributed by atoms with van der Waals surface area (Å²) in [7, 11) is -4.26. The van der Waals surface area contributed by atoms with Crippen molar-refractivity contribution in [3.63, 3.8) is 0 Å². The van der Waals surface area contributed by atoms with E-state index < -0.39 is 32.5 Å². The van der Waals surface area contributed by atoms with E-state index in [9.17, 15) is 26.0 Å². The van der Waals surface area contributed by atoms with Crippen LogP contribution in [-0.4, -0.2) is 25.8 Å². The molecule has 2 aromatic rings. The minimum atomic E-state index is -4.99. The molecule has 2 rings (SSSR count). The SMILES string of the molecule is NCCCN(Cc1ccccc1)S(=O)(=O)c1ccc(F)c(C(F)(F)F)c1. The van der Waals surface area contributed by atoms with E-state index in [2.05, 4.69) is 0 Å². The van der Waals surface area contributed by atoms with Gasteiger partial charge in [0, 0.05) is 13.1 Å². The quantitative estimate of drug-likeness (QED) is 0.738. The molecule has 0 fully saturated rings. The van der Waals surface area contributed by atoms with Gasteiger partial charge in [0.1, 0.15) is 5.82 Å². The number of hydrogen-bond donors (Lipinski definition) is 1. The Hall–Kier alpha value is -1.97. The van der Waals surface area contributed by atoms with Gasteiger partial charge in [-0.2, -0.15) is 17.5 Å². The molecule has 0 bridgehead atoms. The first kappa shape index (κ1) is 20.3. The predicted octanol–water partition coefficient (Wildman–Crippen LogP) is 3.38. The van der Waals surface area contributed by atoms with Crippen LogP contribution in [-0.2, 0) is 22.7 Å². The second kappa shape index (κ2) is 8.15. The number of sulfonamides is 1. The summed E-state index contributed by atoms with van der Waals surface area (Å²) in [6.07, 6.45) is -4.66. The molecule has 0 amide bonds. The van der Waals surface area contributed by atoms with Gasteiger partial charge in [0.05, 0.1) is 10.5 Å². The van der Waals surface area contributed by atoms with Crippen molar-refractivity contribution < 1.29 is 26.0 Å². The lowest BCUT2D eigenvalue weighted by Crippen LogP contribution is -2.33. The molecule has 0 aliphatic carbocycles. The zero-order valence-corrected chi connectivity index (χ0v) is 14.5. The van der Waals surface area contributed by atoms with Crippen LogP contribution in [0.1, 0.15) is 17.5 Å². The fraction of sp³-hybridized carbons (Fsp3) is 0.294. The molecule has 2 N–H and O–H groups in total. The smallest absolute Gasteiger partial charge is 0.330 e. The number of rotatable bonds is 7. The Kier molecular flexibility index (Phi) is 6.38. The highest BCUT2D eigenvalue weighted by molar-refractivity contribution is 7.89. The van der Waals surface area contributed by atoms with Gasteiger partial charge in [-0.1, -0.05) is 30.3 Å². The number of halogens is 4. The van der Waals surface area contributed by atoms with E-state index in [1.54, 1.807) is 30.3 Å². The maximum atomic E-state index is 13.5. The minimum Gasteiger partial charge on any atom is -0.330 e. The number of nitrogens with two attached hydrogens (primary N) is 1. The second-order valence-electron chi connectivity index (χ2n) is 5.61. The van der Waals surface area contributed by atoms with Crippen LogP contribution >= 0.6 is 0 Å². The molecule has 0 spiro atoms. The van der Waals surface area contributed by atoms with E-state index in [4.69, 9.17) is 5.73 Å². The molecule has 9 heteroatoms. The van der Waals surface area contributed by atoms with Gasteiger partial charge >= 0.3 is 6.18 Å². The third-order valence-corrected chi connectivity index (χ3v) is 5.54. The van der Waals surface area contributed by atoms with Gasteiger partial charge < -0.3 is 5.73 Å². The highest BCUT2D eigenvalue weighted by Gasteiger charge is 2.36. The standard InChI is InChI=1S/C17H18F4N2O2S/c18-16-8-7-14(11-15(16)17(19,20)21)26(24,25)23(10-4-9-22)12-13-5-2-1-3-6-13/h1-3,5-8,11H,4,9-10,12,22H2. The summed E-state index contributed by atoms with van der Waals surface area (Å²) >= 11 is 0. The van der Waals surface area contributed by atoms with Gasteiger partial charge in [-0.05, 0) is 36.7 Å². The van der Waals surface area contributed by atoms with Gasteiger partial charge in [-0.15, -0.1) is 0 Å². The summed E-state index contributed by atoms with van der Waals surface area (Å²) < 4.78 is 78.9. The maximum absolute atomic E-state index is 13.5. The zero-order valence-electron chi connectivity index (χ0n) is 13.7. The van der Waals surface area contributed by atoms with Crippen molar-refractivity contribution in [2.24, 2.45) is 5.73 Å². The maximum Gasteiger partial charge on any atom is 0.419 e. The number of hydrogen-bond acceptors (Lipinski definition) is 3. The van der Waals surface area contributed by atoms with E-state index in [-0.39, 0.29) is 19.6 Å². The first-order valence-electron chi connectivity index (χ1n) is 7.77. The molecule has 2 aromatic carbocycles. The van der Waals surface area contributed by atoms with Gasteiger partial charge in [-0.25, -0.2) is 12.8 Å². The molecular weight excluding hydrogens is 372 g/mol. The fourth-order valence-corrected chi connectivity index (χ4v) is 3.86. The van der Waals surface area contributed by atoms with Crippen molar-refractivity contribution in [1.29, 1.82) is 0 Å². The Morgan fingerprint density at radius 2 is 1.69 bits per heavy atom. The van der Waals surface area contributed by atoms with Crippen molar-refractivity contribution >= 4 is 10.0 Å². The molecule has 0 unspecified atom stereocenters. The number of alkyl halides is 3. The van der Waals surface area contributed by atoms with Crippen molar-refractivity contribution in [3.8, 4) is 0 Å². The summed E-state index contributed by atoms with van der Waals surface area (Å²) in [5.41, 5.74) is 4.49. The molecule has 0 saturated heterocycles. The Bertz CT molecular complexity index is 840. The van der Waals surface area contributed by atoms with E-state index in [0.29, 0.717) is 24.1 Å². The lowest BCUT2D eigenvalue weighted by molar-refractivity contribution is -0.140. The summed E-state index contributed by atoms with van der Waals surface area (Å²) in [5.74, 6) is -1.52. The van der Waals surface area contributed by atoms with Gasteiger partial charge in [0.15, 0.2) is 0 Å². The molecule has 0 radical (unpaired) electrons. The lowest BCUT2D eigenvalue weighted by Gasteiger charge is -2.23. The van der Waals surface area contributed by atoms with E-state index >= 15 is 0 Å². The third kappa shape index (κ3) is 4.80. The first-order valence-corrected chi connectivity index (χ1v) is 9.21. The van der Waals surface area contributed by atoms with Gasteiger partial charge in [0.25, 0.3) is 0 Å². The minimum absolute atomic E-state index is 0.0259. The Balaban J connectivity index is 2.43. The van der Waals surface area contributed by atoms with E-state index in [1.807, 2.05) is 0 Å². The zero-order chi connectivity index (χ0) is 19.4. The van der Waals surface area contributed by atoms with Crippen LogP contribution in [0.15, 0.2) is 53.4 Å². The van der Waals surface area contributed by atoms with Crippen LogP contribution in [0.4, 0.5) is 17.6 Å². The van der Waals surface area contributed by atoms with Crippen LogP contribution in [0, 0.1) is 5.82 Å². The monoisotopic (exact) mass is 390 g/mol. The number of benzene rings is 2. The molecule has 0 aromatic heterocycles. The van der Waals surface area contributed by atoms with E-state index in [0.717, 1.165) is 10.4 Å². The molecule has 0 heterocycles. The van der Waals surface area contributed by atoms with Crippen LogP contribution in [0.2, 0.25) is 0 Å². The Morgan fingerprint density at radius 3 is 2.27 bits per heavy atom. The number of nitrogens with zero attached hydrogens (tertiary/aromatic N) is 1. The van der Waals surface area contributed by atoms with Crippen LogP contribution in [0.3, 0.4) is 0 Å². The summed E-state index contributed by atoms with van der Waals surface area (Å²) in [4.78, 5) is -0.612. The van der Waals surface area contributed by atoms with Crippen molar-refractivity contribution in [1.82, 2.24) is 4.31 Å². The molecule has 0 atom stereocenters. The summed E-state index contributed by atoms with van der Waals surface area (Å²) in [5, 5.41) is 0. The van der Waals surface area contributed by atoms with Crippen LogP contribution in [0.5, 0.6) is 0 Å². The molecule has 142 valence electrons. The second-order valence-corrected chi connectivity index (χ2v) is 7.54. The third-order valence-electron chi connectivity index (χ3n) is 3.69. The topological polar surface area (TPSA) is 63.4 Å². The van der Waals surface area contributed by atoms with Crippen LogP contribution in [0.25, 0.3) is 0 Å². The van der Waals surface area contributed by atoms with Crippen molar-refractivity contribution in [2.75, 3.05) is 13.1 Å². The Labute approximate surface area is 149 Å². The Morgan fingerprint density at radius 1 is 1.04 bits per heavy atom. The molecule has 0 aliphatic heterocycles. The summed E-state index contributed by atoms with van der Waals surface area (Å²) in [6, 6.07) is 10.3. The molecule has 0 saturated carbocycles. The van der Waals surface area contributed by atoms with E-state index in [1.165, 1.54) is 0 Å². The lowest BCUT2D eigenvalue weighted by atomic mass is 10.2. The van der Waals surface area contributed by atoms with Crippen molar-refractivity contribution in [2.45, 2.75) is 24.0 Å². The first-order chi connectivity index (χ1) is 12.2. The molecule has 26 heavy (non-hydrogen) atoms. The van der Waals surface area contributed by atoms with Gasteiger partial charge in [-0.3, -0.25) is 0 Å². The summed E-state index contributed by atoms with van der Waals surface area (Å²) in [6.45, 7) is 0.229. The predicted molar refractivity (Wildman–Crippen MR) is 89.1 cm³/mol. The van der Waals surface area contributed by atoms with Gasteiger partial charge in [0.2, 0.25) is 10.0 Å². The highest BCUT2D eigenvalue weighted by Crippen LogP contribution is 2.33. The molecule has 0 aliphatic rings. The molecule has 4 nitrogen and oxygen atoms in total. The highest BCUT2D eigenvalue weighted by atomic mass is 32.2. The normalized spacial score (nSPS) is 12.5.